The van der Waals surface area contributed by atoms with E-state index in [9.17, 15) is 43.4 Å². The highest BCUT2D eigenvalue weighted by Crippen LogP contribution is 2.45. The van der Waals surface area contributed by atoms with E-state index in [2.05, 4.69) is 27.1 Å². The Morgan fingerprint density at radius 2 is 0.625 bits per heavy atom. The summed E-state index contributed by atoms with van der Waals surface area (Å²) in [5.74, 6) is 0. The third kappa shape index (κ3) is 19.8. The van der Waals surface area contributed by atoms with Crippen molar-refractivity contribution < 1.29 is 90.1 Å². The Bertz CT molecular complexity index is 670. The average molecular weight is 560 g/mol. The van der Waals surface area contributed by atoms with E-state index in [0.717, 1.165) is 0 Å². The molecular weight excluding hydrogens is 536 g/mol. The van der Waals surface area contributed by atoms with Crippen LogP contribution >= 0.6 is 31.3 Å². The summed E-state index contributed by atoms with van der Waals surface area (Å²) in [6.07, 6.45) is -5.23. The second-order valence-corrected chi connectivity index (χ2v) is 11.0. The molecule has 0 saturated carbocycles. The maximum absolute atomic E-state index is 11.6. The summed E-state index contributed by atoms with van der Waals surface area (Å²) in [6.45, 7) is -5.75. The van der Waals surface area contributed by atoms with Crippen LogP contribution in [0.15, 0.2) is 0 Å². The molecule has 3 unspecified atom stereocenters. The van der Waals surface area contributed by atoms with E-state index in [4.69, 9.17) is 19.6 Å². The molecule has 0 fully saturated rings. The number of rotatable bonds is 18. The number of hydrogen-bond acceptors (Lipinski definition) is 13. The van der Waals surface area contributed by atoms with E-state index in [1.54, 1.807) is 0 Å². The largest absolute Gasteiger partial charge is 0.472 e. The Balaban J connectivity index is 4.23. The first-order valence-corrected chi connectivity index (χ1v) is 14.0. The molecule has 0 radical (unpaired) electrons. The predicted molar refractivity (Wildman–Crippen MR) is 97.5 cm³/mol. The second kappa shape index (κ2) is 14.0. The van der Waals surface area contributed by atoms with Gasteiger partial charge in [-0.05, 0) is 0 Å². The molecule has 19 nitrogen and oxygen atoms in total. The summed E-state index contributed by atoms with van der Waals surface area (Å²) in [6, 6.07) is 0. The fraction of sp³-hybridized carbons (Fsp3) is 1.00. The zero-order valence-electron chi connectivity index (χ0n) is 15.9. The monoisotopic (exact) mass is 560 g/mol. The molecular formula is C9H24O19P4. The van der Waals surface area contributed by atoms with Gasteiger partial charge in [0.1, 0.15) is 18.3 Å². The van der Waals surface area contributed by atoms with E-state index in [0.29, 0.717) is 0 Å². The minimum absolute atomic E-state index is 0.938. The first-order valence-electron chi connectivity index (χ1n) is 7.98. The number of aliphatic hydroxyl groups excluding tert-OH is 3. The van der Waals surface area contributed by atoms with Crippen molar-refractivity contribution in [3.8, 4) is 0 Å². The smallest absolute Gasteiger partial charge is 0.388 e. The van der Waals surface area contributed by atoms with Crippen LogP contribution in [0.1, 0.15) is 0 Å². The number of hydrogen-bond donors (Lipinski definition) is 9. The van der Waals surface area contributed by atoms with Crippen molar-refractivity contribution in [2.24, 2.45) is 0 Å². The molecule has 194 valence electrons. The van der Waals surface area contributed by atoms with Gasteiger partial charge >= 0.3 is 31.3 Å². The van der Waals surface area contributed by atoms with Gasteiger partial charge in [0.05, 0.1) is 39.6 Å². The third-order valence-electron chi connectivity index (χ3n) is 2.59. The SMILES string of the molecule is O=P(O)(O)OC[C@@H](O)COP(=O)(O)OCC(O)COP(=O)(O)OC[C@@H](O)COP(=O)(O)O. The van der Waals surface area contributed by atoms with Crippen molar-refractivity contribution in [3.63, 3.8) is 0 Å². The maximum atomic E-state index is 11.6. The number of phosphoric acid groups is 4. The van der Waals surface area contributed by atoms with Gasteiger partial charge in [0.15, 0.2) is 0 Å². The van der Waals surface area contributed by atoms with E-state index < -0.39 is 89.2 Å². The summed E-state index contributed by atoms with van der Waals surface area (Å²) in [4.78, 5) is 52.4. The molecule has 0 aliphatic carbocycles. The zero-order valence-corrected chi connectivity index (χ0v) is 19.4. The molecule has 5 atom stereocenters. The molecule has 0 bridgehead atoms. The molecule has 0 rings (SSSR count). The van der Waals surface area contributed by atoms with Gasteiger partial charge in [0, 0.05) is 0 Å². The van der Waals surface area contributed by atoms with Crippen LogP contribution in [0.25, 0.3) is 0 Å². The normalized spacial score (nSPS) is 19.7. The molecule has 32 heavy (non-hydrogen) atoms. The topological polar surface area (TPSA) is 306 Å². The van der Waals surface area contributed by atoms with Crippen LogP contribution in [0.5, 0.6) is 0 Å². The molecule has 9 N–H and O–H groups in total. The summed E-state index contributed by atoms with van der Waals surface area (Å²) in [5.41, 5.74) is 0. The van der Waals surface area contributed by atoms with Crippen molar-refractivity contribution in [1.29, 1.82) is 0 Å². The first kappa shape index (κ1) is 32.3. The van der Waals surface area contributed by atoms with E-state index in [1.807, 2.05) is 0 Å². The average Bonchev–Trinajstić information content (AvgIpc) is 2.63. The van der Waals surface area contributed by atoms with Crippen LogP contribution < -0.4 is 0 Å². The van der Waals surface area contributed by atoms with Crippen LogP contribution in [-0.4, -0.2) is 103 Å². The van der Waals surface area contributed by atoms with Crippen molar-refractivity contribution in [2.45, 2.75) is 18.3 Å². The Morgan fingerprint density at radius 3 is 0.812 bits per heavy atom. The Hall–Kier alpha value is 0.320. The van der Waals surface area contributed by atoms with E-state index in [1.165, 1.54) is 0 Å². The third-order valence-corrected chi connectivity index (χ3v) is 5.46. The van der Waals surface area contributed by atoms with Crippen LogP contribution in [0.4, 0.5) is 0 Å². The lowest BCUT2D eigenvalue weighted by Crippen LogP contribution is -2.24. The predicted octanol–water partition coefficient (Wildman–Crippen LogP) is -2.45. The molecule has 0 saturated heterocycles. The summed E-state index contributed by atoms with van der Waals surface area (Å²) >= 11 is 0. The van der Waals surface area contributed by atoms with Crippen molar-refractivity contribution in [2.75, 3.05) is 39.6 Å². The van der Waals surface area contributed by atoms with Gasteiger partial charge in [-0.1, -0.05) is 0 Å². The molecule has 0 heterocycles. The van der Waals surface area contributed by atoms with Gasteiger partial charge in [-0.3, -0.25) is 27.1 Å². The molecule has 0 aromatic rings. The van der Waals surface area contributed by atoms with Crippen LogP contribution in [0.2, 0.25) is 0 Å². The fourth-order valence-corrected chi connectivity index (χ4v) is 3.63. The van der Waals surface area contributed by atoms with Gasteiger partial charge in [-0.2, -0.15) is 0 Å². The van der Waals surface area contributed by atoms with Gasteiger partial charge in [0.2, 0.25) is 0 Å². The quantitative estimate of drug-likeness (QED) is 0.0786. The van der Waals surface area contributed by atoms with Gasteiger partial charge in [-0.15, -0.1) is 0 Å². The highest BCUT2D eigenvalue weighted by molar-refractivity contribution is 7.47. The molecule has 0 aromatic heterocycles. The highest BCUT2D eigenvalue weighted by Gasteiger charge is 2.28. The van der Waals surface area contributed by atoms with Crippen molar-refractivity contribution in [1.82, 2.24) is 0 Å². The lowest BCUT2D eigenvalue weighted by molar-refractivity contribution is 0.00695. The summed E-state index contributed by atoms with van der Waals surface area (Å²) < 4.78 is 69.1. The highest BCUT2D eigenvalue weighted by atomic mass is 31.2. The Labute approximate surface area is 180 Å². The van der Waals surface area contributed by atoms with Gasteiger partial charge in [0.25, 0.3) is 0 Å². The van der Waals surface area contributed by atoms with E-state index >= 15 is 0 Å². The molecule has 23 heteroatoms. The van der Waals surface area contributed by atoms with Crippen molar-refractivity contribution in [3.05, 3.63) is 0 Å². The number of phosphoric ester groups is 4. The lowest BCUT2D eigenvalue weighted by atomic mass is 10.4. The Morgan fingerprint density at radius 1 is 0.438 bits per heavy atom. The number of aliphatic hydroxyl groups is 3. The molecule has 0 aromatic carbocycles. The first-order chi connectivity index (χ1) is 14.3. The summed E-state index contributed by atoms with van der Waals surface area (Å²) in [7, 11) is -19.5. The second-order valence-electron chi connectivity index (χ2n) is 5.65. The molecule has 0 aliphatic heterocycles. The molecule has 0 amide bonds. The van der Waals surface area contributed by atoms with Crippen LogP contribution in [0.3, 0.4) is 0 Å². The van der Waals surface area contributed by atoms with Crippen LogP contribution in [-0.2, 0) is 45.4 Å². The van der Waals surface area contributed by atoms with Gasteiger partial charge < -0.3 is 44.7 Å². The van der Waals surface area contributed by atoms with Gasteiger partial charge in [-0.25, -0.2) is 18.3 Å². The van der Waals surface area contributed by atoms with Crippen LogP contribution in [0, 0.1) is 0 Å². The standard InChI is InChI=1S/C9H24O19P4/c10-7(1-23-29(13,14)15)3-25-31(19,20)27-5-9(12)6-28-32(21,22)26-4-8(11)2-24-30(16,17)18/h7-12H,1-6H2,(H,19,20)(H,21,22)(H2,13,14,15)(H2,16,17,18)/t7-,8+,9?. The van der Waals surface area contributed by atoms with E-state index in [-0.39, 0.29) is 0 Å². The Kier molecular flexibility index (Phi) is 14.2. The fourth-order valence-electron chi connectivity index (χ4n) is 1.31. The minimum atomic E-state index is -4.88. The molecule has 0 aliphatic rings. The minimum Gasteiger partial charge on any atom is -0.388 e. The lowest BCUT2D eigenvalue weighted by Gasteiger charge is -2.19. The molecule has 0 spiro atoms. The zero-order chi connectivity index (χ0) is 25.2. The maximum Gasteiger partial charge on any atom is 0.472 e. The van der Waals surface area contributed by atoms with Crippen molar-refractivity contribution >= 4 is 31.3 Å². The summed E-state index contributed by atoms with van der Waals surface area (Å²) in [5, 5.41) is 28.1.